The van der Waals surface area contributed by atoms with E-state index < -0.39 is 9.84 Å². The predicted molar refractivity (Wildman–Crippen MR) is 89.9 cm³/mol. The number of unbranched alkanes of at least 4 members (excludes halogenated alkanes) is 1. The van der Waals surface area contributed by atoms with E-state index in [2.05, 4.69) is 24.5 Å². The molecule has 0 spiro atoms. The highest BCUT2D eigenvalue weighted by atomic mass is 32.2. The van der Waals surface area contributed by atoms with Crippen molar-refractivity contribution in [1.82, 2.24) is 5.32 Å². The van der Waals surface area contributed by atoms with Gasteiger partial charge in [0.2, 0.25) is 0 Å². The minimum absolute atomic E-state index is 0.194. The largest absolute Gasteiger partial charge is 0.338 e. The van der Waals surface area contributed by atoms with E-state index in [1.54, 1.807) is 12.1 Å². The summed E-state index contributed by atoms with van der Waals surface area (Å²) in [6.07, 6.45) is 5.60. The zero-order valence-electron chi connectivity index (χ0n) is 13.6. The highest BCUT2D eigenvalue weighted by Gasteiger charge is 2.10. The van der Waals surface area contributed by atoms with Crippen LogP contribution in [0, 0.1) is 5.92 Å². The molecular formula is C16H26N2O3S. The van der Waals surface area contributed by atoms with E-state index in [1.807, 2.05) is 0 Å². The van der Waals surface area contributed by atoms with Gasteiger partial charge in [0, 0.05) is 18.5 Å². The van der Waals surface area contributed by atoms with E-state index in [4.69, 9.17) is 0 Å². The molecule has 0 radical (unpaired) electrons. The quantitative estimate of drug-likeness (QED) is 0.768. The minimum Gasteiger partial charge on any atom is -0.338 e. The van der Waals surface area contributed by atoms with Crippen molar-refractivity contribution in [2.75, 3.05) is 18.1 Å². The lowest BCUT2D eigenvalue weighted by atomic mass is 9.99. The van der Waals surface area contributed by atoms with Gasteiger partial charge in [0.25, 0.3) is 0 Å². The van der Waals surface area contributed by atoms with Crippen molar-refractivity contribution in [2.45, 2.75) is 44.4 Å². The van der Waals surface area contributed by atoms with E-state index in [-0.39, 0.29) is 10.9 Å². The van der Waals surface area contributed by atoms with Gasteiger partial charge in [-0.05, 0) is 30.5 Å². The number of urea groups is 1. The van der Waals surface area contributed by atoms with Crippen molar-refractivity contribution in [3.63, 3.8) is 0 Å². The lowest BCUT2D eigenvalue weighted by molar-refractivity contribution is 0.249. The van der Waals surface area contributed by atoms with Crippen LogP contribution in [0.4, 0.5) is 10.5 Å². The number of hydrogen-bond acceptors (Lipinski definition) is 3. The molecule has 124 valence electrons. The fourth-order valence-corrected chi connectivity index (χ4v) is 2.83. The third-order valence-corrected chi connectivity index (χ3v) is 4.72. The molecule has 0 aromatic heterocycles. The fourth-order valence-electron chi connectivity index (χ4n) is 2.16. The van der Waals surface area contributed by atoms with Crippen LogP contribution in [0.15, 0.2) is 29.2 Å². The molecule has 0 aliphatic heterocycles. The molecule has 0 fully saturated rings. The van der Waals surface area contributed by atoms with E-state index in [0.29, 0.717) is 18.2 Å². The Bertz CT molecular complexity index is 585. The smallest absolute Gasteiger partial charge is 0.319 e. The zero-order valence-corrected chi connectivity index (χ0v) is 14.4. The van der Waals surface area contributed by atoms with Gasteiger partial charge in [-0.2, -0.15) is 0 Å². The second kappa shape index (κ2) is 8.78. The van der Waals surface area contributed by atoms with Gasteiger partial charge in [0.05, 0.1) is 4.90 Å². The Morgan fingerprint density at radius 2 is 2.00 bits per heavy atom. The Morgan fingerprint density at radius 3 is 2.59 bits per heavy atom. The van der Waals surface area contributed by atoms with Gasteiger partial charge in [-0.15, -0.1) is 0 Å². The normalized spacial score (nSPS) is 12.7. The molecule has 2 amide bonds. The van der Waals surface area contributed by atoms with Gasteiger partial charge in [0.1, 0.15) is 0 Å². The molecule has 1 aromatic rings. The molecule has 0 bridgehead atoms. The van der Waals surface area contributed by atoms with Crippen LogP contribution in [0.25, 0.3) is 0 Å². The summed E-state index contributed by atoms with van der Waals surface area (Å²) in [6, 6.07) is 5.95. The summed E-state index contributed by atoms with van der Waals surface area (Å²) in [5, 5.41) is 5.53. The maximum atomic E-state index is 11.9. The van der Waals surface area contributed by atoms with Crippen molar-refractivity contribution in [3.8, 4) is 0 Å². The summed E-state index contributed by atoms with van der Waals surface area (Å²) in [7, 11) is -3.27. The molecule has 1 unspecified atom stereocenters. The topological polar surface area (TPSA) is 75.3 Å². The molecule has 0 saturated heterocycles. The summed E-state index contributed by atoms with van der Waals surface area (Å²) in [5.74, 6) is 0.480. The first-order valence-corrected chi connectivity index (χ1v) is 9.61. The first kappa shape index (κ1) is 18.5. The van der Waals surface area contributed by atoms with Gasteiger partial charge in [-0.3, -0.25) is 0 Å². The molecule has 0 saturated carbocycles. The third-order valence-electron chi connectivity index (χ3n) is 3.61. The van der Waals surface area contributed by atoms with E-state index >= 15 is 0 Å². The second-order valence-electron chi connectivity index (χ2n) is 5.55. The van der Waals surface area contributed by atoms with Gasteiger partial charge >= 0.3 is 6.03 Å². The van der Waals surface area contributed by atoms with Crippen LogP contribution < -0.4 is 10.6 Å². The van der Waals surface area contributed by atoms with Gasteiger partial charge < -0.3 is 10.6 Å². The lowest BCUT2D eigenvalue weighted by Crippen LogP contribution is -2.33. The van der Waals surface area contributed by atoms with Crippen LogP contribution in [0.1, 0.15) is 39.5 Å². The number of benzene rings is 1. The number of carbonyl (C=O) groups excluding carboxylic acids is 1. The van der Waals surface area contributed by atoms with Crippen molar-refractivity contribution in [2.24, 2.45) is 5.92 Å². The SMILES string of the molecule is CCCCC(CC)CNC(=O)Nc1cccc(S(C)(=O)=O)c1. The number of anilines is 1. The average molecular weight is 326 g/mol. The maximum Gasteiger partial charge on any atom is 0.319 e. The molecule has 0 aliphatic carbocycles. The van der Waals surface area contributed by atoms with E-state index in [1.165, 1.54) is 12.1 Å². The first-order chi connectivity index (χ1) is 10.4. The molecule has 6 heteroatoms. The zero-order chi connectivity index (χ0) is 16.6. The van der Waals surface area contributed by atoms with Crippen LogP contribution in [-0.2, 0) is 9.84 Å². The van der Waals surface area contributed by atoms with Gasteiger partial charge in [-0.1, -0.05) is 39.2 Å². The predicted octanol–water partition coefficient (Wildman–Crippen LogP) is 3.43. The molecule has 0 heterocycles. The van der Waals surface area contributed by atoms with Crippen LogP contribution in [0.3, 0.4) is 0 Å². The highest BCUT2D eigenvalue weighted by Crippen LogP contribution is 2.15. The van der Waals surface area contributed by atoms with Gasteiger partial charge in [-0.25, -0.2) is 13.2 Å². The Kier molecular flexibility index (Phi) is 7.38. The van der Waals surface area contributed by atoms with Gasteiger partial charge in [0.15, 0.2) is 9.84 Å². The van der Waals surface area contributed by atoms with Crippen LogP contribution in [0.2, 0.25) is 0 Å². The van der Waals surface area contributed by atoms with E-state index in [9.17, 15) is 13.2 Å². The van der Waals surface area contributed by atoms with Crippen LogP contribution in [0.5, 0.6) is 0 Å². The molecule has 0 aliphatic rings. The second-order valence-corrected chi connectivity index (χ2v) is 7.57. The summed E-state index contributed by atoms with van der Waals surface area (Å²) >= 11 is 0. The Balaban J connectivity index is 2.55. The van der Waals surface area contributed by atoms with Crippen LogP contribution >= 0.6 is 0 Å². The summed E-state index contributed by atoms with van der Waals surface area (Å²) in [6.45, 7) is 4.91. The Morgan fingerprint density at radius 1 is 1.27 bits per heavy atom. The standard InChI is InChI=1S/C16H26N2O3S/c1-4-6-8-13(5-2)12-17-16(19)18-14-9-7-10-15(11-14)22(3,20)21/h7,9-11,13H,4-6,8,12H2,1-3H3,(H2,17,18,19). The minimum atomic E-state index is -3.27. The molecule has 22 heavy (non-hydrogen) atoms. The van der Waals surface area contributed by atoms with Crippen molar-refractivity contribution in [1.29, 1.82) is 0 Å². The Labute approximate surface area is 133 Å². The summed E-state index contributed by atoms with van der Waals surface area (Å²) < 4.78 is 23.0. The number of carbonyl (C=O) groups is 1. The number of sulfone groups is 1. The van der Waals surface area contributed by atoms with Crippen LogP contribution in [-0.4, -0.2) is 27.2 Å². The highest BCUT2D eigenvalue weighted by molar-refractivity contribution is 7.90. The monoisotopic (exact) mass is 326 g/mol. The molecule has 1 aromatic carbocycles. The third kappa shape index (κ3) is 6.47. The maximum absolute atomic E-state index is 11.9. The number of amides is 2. The molecule has 5 nitrogen and oxygen atoms in total. The van der Waals surface area contributed by atoms with Crippen molar-refractivity contribution < 1.29 is 13.2 Å². The Hall–Kier alpha value is -1.56. The number of hydrogen-bond donors (Lipinski definition) is 2. The van der Waals surface area contributed by atoms with Crippen molar-refractivity contribution >= 4 is 21.6 Å². The number of rotatable bonds is 8. The average Bonchev–Trinajstić information content (AvgIpc) is 2.47. The number of nitrogens with one attached hydrogen (secondary N) is 2. The summed E-state index contributed by atoms with van der Waals surface area (Å²) in [4.78, 5) is 12.1. The molecule has 1 rings (SSSR count). The summed E-state index contributed by atoms with van der Waals surface area (Å²) in [5.41, 5.74) is 0.474. The fraction of sp³-hybridized carbons (Fsp3) is 0.562. The van der Waals surface area contributed by atoms with Crippen molar-refractivity contribution in [3.05, 3.63) is 24.3 Å². The first-order valence-electron chi connectivity index (χ1n) is 7.71. The lowest BCUT2D eigenvalue weighted by Gasteiger charge is -2.15. The molecule has 1 atom stereocenters. The molecule has 2 N–H and O–H groups in total. The molecular weight excluding hydrogens is 300 g/mol. The van der Waals surface area contributed by atoms with E-state index in [0.717, 1.165) is 31.9 Å².